The fourth-order valence-electron chi connectivity index (χ4n) is 3.46. The van der Waals surface area contributed by atoms with Gasteiger partial charge in [0.05, 0.1) is 6.10 Å². The Balaban J connectivity index is 1.55. The van der Waals surface area contributed by atoms with E-state index in [9.17, 15) is 4.79 Å². The second-order valence-electron chi connectivity index (χ2n) is 5.83. The average Bonchev–Trinajstić information content (AvgIpc) is 2.84. The highest BCUT2D eigenvalue weighted by Crippen LogP contribution is 2.39. The van der Waals surface area contributed by atoms with E-state index >= 15 is 0 Å². The first-order valence-corrected chi connectivity index (χ1v) is 8.36. The smallest absolute Gasteiger partial charge is 0.140 e. The van der Waals surface area contributed by atoms with E-state index in [1.807, 2.05) is 18.3 Å². The number of carbonyl (C=O) groups excluding carboxylic acids is 1. The van der Waals surface area contributed by atoms with Crippen LogP contribution in [-0.4, -0.2) is 18.5 Å². The Morgan fingerprint density at radius 1 is 1.47 bits per heavy atom. The summed E-state index contributed by atoms with van der Waals surface area (Å²) in [7, 11) is 0. The number of Topliss-reactive ketones (excluding diaryl/α,β-unsaturated/α-hetero) is 1. The lowest BCUT2D eigenvalue weighted by Crippen LogP contribution is -2.34. The molecule has 0 radical (unpaired) electrons. The van der Waals surface area contributed by atoms with Gasteiger partial charge in [0.25, 0.3) is 0 Å². The third-order valence-electron chi connectivity index (χ3n) is 4.53. The summed E-state index contributed by atoms with van der Waals surface area (Å²) < 4.78 is 5.57. The molecule has 19 heavy (non-hydrogen) atoms. The van der Waals surface area contributed by atoms with Gasteiger partial charge in [0.2, 0.25) is 0 Å². The summed E-state index contributed by atoms with van der Waals surface area (Å²) in [6, 6.07) is 2.17. The van der Waals surface area contributed by atoms with E-state index in [0.717, 1.165) is 32.3 Å². The lowest BCUT2D eigenvalue weighted by Gasteiger charge is -2.35. The van der Waals surface area contributed by atoms with Gasteiger partial charge < -0.3 is 4.74 Å². The molecule has 0 saturated heterocycles. The molecule has 3 rings (SSSR count). The fraction of sp³-hybridized carbons (Fsp3) is 0.688. The van der Waals surface area contributed by atoms with Crippen LogP contribution in [0.15, 0.2) is 11.4 Å². The minimum Gasteiger partial charge on any atom is -0.378 e. The number of fused-ring (bicyclic) bond motifs is 1. The molecule has 0 spiro atoms. The molecule has 1 unspecified atom stereocenters. The first-order chi connectivity index (χ1) is 9.28. The normalized spacial score (nSPS) is 29.6. The minimum absolute atomic E-state index is 0.196. The number of carbonyl (C=O) groups is 1. The second-order valence-corrected chi connectivity index (χ2v) is 6.83. The van der Waals surface area contributed by atoms with Crippen LogP contribution in [-0.2, 0) is 16.0 Å². The molecule has 0 N–H and O–H groups in total. The first-order valence-electron chi connectivity index (χ1n) is 7.48. The standard InChI is InChI=1S/C16H22O2S/c1-2-18-12-8-11(9-12)10-15(17)13-4-3-5-16-14(13)6-7-19-16/h6-7,11-13H,2-5,8-10H2,1H3. The minimum atomic E-state index is 0.196. The first kappa shape index (κ1) is 13.3. The van der Waals surface area contributed by atoms with Crippen molar-refractivity contribution in [2.75, 3.05) is 6.61 Å². The van der Waals surface area contributed by atoms with E-state index in [0.29, 0.717) is 17.8 Å². The number of rotatable bonds is 5. The van der Waals surface area contributed by atoms with Crippen LogP contribution in [0, 0.1) is 5.92 Å². The largest absolute Gasteiger partial charge is 0.378 e. The molecule has 1 aromatic rings. The van der Waals surface area contributed by atoms with Gasteiger partial charge in [-0.1, -0.05) is 0 Å². The SMILES string of the molecule is CCOC1CC(CC(=O)C2CCCc3sccc32)C1. The summed E-state index contributed by atoms with van der Waals surface area (Å²) >= 11 is 1.82. The maximum absolute atomic E-state index is 12.5. The van der Waals surface area contributed by atoms with Crippen molar-refractivity contribution >= 4 is 17.1 Å². The average molecular weight is 278 g/mol. The quantitative estimate of drug-likeness (QED) is 0.815. The highest BCUT2D eigenvalue weighted by Gasteiger charge is 2.34. The van der Waals surface area contributed by atoms with E-state index in [1.54, 1.807) is 0 Å². The molecule has 0 aliphatic heterocycles. The Morgan fingerprint density at radius 2 is 2.32 bits per heavy atom. The van der Waals surface area contributed by atoms with Gasteiger partial charge in [-0.25, -0.2) is 0 Å². The van der Waals surface area contributed by atoms with Crippen LogP contribution in [0.2, 0.25) is 0 Å². The van der Waals surface area contributed by atoms with Crippen LogP contribution in [0.25, 0.3) is 0 Å². The van der Waals surface area contributed by atoms with Gasteiger partial charge in [-0.2, -0.15) is 0 Å². The van der Waals surface area contributed by atoms with Crippen molar-refractivity contribution in [3.05, 3.63) is 21.9 Å². The van der Waals surface area contributed by atoms with Crippen molar-refractivity contribution in [2.45, 2.75) is 57.5 Å². The second kappa shape index (κ2) is 5.76. The zero-order valence-corrected chi connectivity index (χ0v) is 12.4. The fourth-order valence-corrected chi connectivity index (χ4v) is 4.45. The molecule has 0 bridgehead atoms. The molecular weight excluding hydrogens is 256 g/mol. The Hall–Kier alpha value is -0.670. The van der Waals surface area contributed by atoms with Gasteiger partial charge in [0.1, 0.15) is 5.78 Å². The number of ether oxygens (including phenoxy) is 1. The molecule has 2 aliphatic carbocycles. The molecule has 1 heterocycles. The Labute approximate surface area is 119 Å². The van der Waals surface area contributed by atoms with Gasteiger partial charge in [-0.15, -0.1) is 11.3 Å². The number of ketones is 1. The number of aryl methyl sites for hydroxylation is 1. The summed E-state index contributed by atoms with van der Waals surface area (Å²) in [4.78, 5) is 13.9. The van der Waals surface area contributed by atoms with Gasteiger partial charge >= 0.3 is 0 Å². The Bertz CT molecular complexity index is 445. The number of hydrogen-bond donors (Lipinski definition) is 0. The molecule has 2 nitrogen and oxygen atoms in total. The van der Waals surface area contributed by atoms with Crippen LogP contribution < -0.4 is 0 Å². The topological polar surface area (TPSA) is 26.3 Å². The molecule has 2 aliphatic rings. The molecular formula is C16H22O2S. The summed E-state index contributed by atoms with van der Waals surface area (Å²) in [5.41, 5.74) is 1.34. The molecule has 1 atom stereocenters. The van der Waals surface area contributed by atoms with Crippen molar-refractivity contribution in [1.82, 2.24) is 0 Å². The maximum atomic E-state index is 12.5. The summed E-state index contributed by atoms with van der Waals surface area (Å²) in [5, 5.41) is 2.14. The van der Waals surface area contributed by atoms with E-state index in [1.165, 1.54) is 23.3 Å². The van der Waals surface area contributed by atoms with Crippen LogP contribution in [0.3, 0.4) is 0 Å². The van der Waals surface area contributed by atoms with E-state index < -0.39 is 0 Å². The van der Waals surface area contributed by atoms with Crippen molar-refractivity contribution in [3.8, 4) is 0 Å². The lowest BCUT2D eigenvalue weighted by molar-refractivity contribution is -0.124. The molecule has 1 aromatic heterocycles. The van der Waals surface area contributed by atoms with E-state index in [-0.39, 0.29) is 5.92 Å². The Morgan fingerprint density at radius 3 is 3.11 bits per heavy atom. The highest BCUT2D eigenvalue weighted by molar-refractivity contribution is 7.10. The van der Waals surface area contributed by atoms with Crippen molar-refractivity contribution in [2.24, 2.45) is 5.92 Å². The third kappa shape index (κ3) is 2.77. The van der Waals surface area contributed by atoms with Crippen molar-refractivity contribution in [3.63, 3.8) is 0 Å². The molecule has 0 amide bonds. The number of thiophene rings is 1. The van der Waals surface area contributed by atoms with Gasteiger partial charge in [0.15, 0.2) is 0 Å². The third-order valence-corrected chi connectivity index (χ3v) is 5.52. The number of hydrogen-bond acceptors (Lipinski definition) is 3. The van der Waals surface area contributed by atoms with Gasteiger partial charge in [-0.3, -0.25) is 4.79 Å². The molecule has 1 saturated carbocycles. The lowest BCUT2D eigenvalue weighted by atomic mass is 9.75. The molecule has 0 aromatic carbocycles. The summed E-state index contributed by atoms with van der Waals surface area (Å²) in [6.07, 6.45) is 6.77. The maximum Gasteiger partial charge on any atom is 0.140 e. The zero-order chi connectivity index (χ0) is 13.2. The highest BCUT2D eigenvalue weighted by atomic mass is 32.1. The van der Waals surface area contributed by atoms with Crippen LogP contribution in [0.5, 0.6) is 0 Å². The summed E-state index contributed by atoms with van der Waals surface area (Å²) in [5.74, 6) is 1.24. The molecule has 104 valence electrons. The van der Waals surface area contributed by atoms with Gasteiger partial charge in [0, 0.05) is 23.8 Å². The monoisotopic (exact) mass is 278 g/mol. The molecule has 1 fully saturated rings. The zero-order valence-electron chi connectivity index (χ0n) is 11.6. The summed E-state index contributed by atoms with van der Waals surface area (Å²) in [6.45, 7) is 2.84. The van der Waals surface area contributed by atoms with E-state index in [2.05, 4.69) is 11.4 Å². The van der Waals surface area contributed by atoms with Crippen LogP contribution in [0.1, 0.15) is 55.4 Å². The Kier molecular flexibility index (Phi) is 4.04. The predicted molar refractivity (Wildman–Crippen MR) is 77.8 cm³/mol. The van der Waals surface area contributed by atoms with Crippen LogP contribution >= 0.6 is 11.3 Å². The van der Waals surface area contributed by atoms with Crippen molar-refractivity contribution < 1.29 is 9.53 Å². The van der Waals surface area contributed by atoms with E-state index in [4.69, 9.17) is 4.74 Å². The predicted octanol–water partition coefficient (Wildman–Crippen LogP) is 3.94. The van der Waals surface area contributed by atoms with Crippen LogP contribution in [0.4, 0.5) is 0 Å². The molecule has 3 heteroatoms. The van der Waals surface area contributed by atoms with Crippen molar-refractivity contribution in [1.29, 1.82) is 0 Å². The van der Waals surface area contributed by atoms with Gasteiger partial charge in [-0.05, 0) is 62.0 Å².